The minimum absolute atomic E-state index is 0.00245. The molecule has 3 rings (SSSR count). The molecule has 1 atom stereocenters. The van der Waals surface area contributed by atoms with Gasteiger partial charge in [0, 0.05) is 24.7 Å². The van der Waals surface area contributed by atoms with Crippen LogP contribution in [0.4, 0.5) is 0 Å². The molecule has 1 unspecified atom stereocenters. The van der Waals surface area contributed by atoms with Crippen molar-refractivity contribution in [2.24, 2.45) is 0 Å². The van der Waals surface area contributed by atoms with Crippen LogP contribution in [0, 0.1) is 0 Å². The Bertz CT molecular complexity index is 678. The number of hydrogen-bond acceptors (Lipinski definition) is 3. The molecule has 0 spiro atoms. The van der Waals surface area contributed by atoms with Gasteiger partial charge in [-0.3, -0.25) is 4.79 Å². The lowest BCUT2D eigenvalue weighted by Crippen LogP contribution is -2.49. The van der Waals surface area contributed by atoms with Crippen LogP contribution in [0.1, 0.15) is 17.2 Å². The first-order chi connectivity index (χ1) is 11.8. The molecule has 1 aliphatic heterocycles. The molecule has 1 N–H and O–H groups in total. The van der Waals surface area contributed by atoms with Crippen molar-refractivity contribution in [2.45, 2.75) is 12.6 Å². The van der Waals surface area contributed by atoms with Crippen molar-refractivity contribution in [3.63, 3.8) is 0 Å². The molecule has 0 radical (unpaired) electrons. The normalized spacial score (nSPS) is 17.7. The summed E-state index contributed by atoms with van der Waals surface area (Å²) in [5, 5.41) is 4.02. The van der Waals surface area contributed by atoms with E-state index < -0.39 is 0 Å². The molecular weight excluding hydrogens is 324 g/mol. The van der Waals surface area contributed by atoms with Crippen LogP contribution in [0.2, 0.25) is 5.02 Å². The average Bonchev–Trinajstić information content (AvgIpc) is 2.63. The maximum absolute atomic E-state index is 12.6. The lowest BCUT2D eigenvalue weighted by atomic mass is 10.0. The molecule has 0 saturated carbocycles. The summed E-state index contributed by atoms with van der Waals surface area (Å²) in [6.45, 7) is 2.66. The van der Waals surface area contributed by atoms with Crippen LogP contribution in [0.3, 0.4) is 0 Å². The topological polar surface area (TPSA) is 41.6 Å². The van der Waals surface area contributed by atoms with Gasteiger partial charge in [0.1, 0.15) is 6.61 Å². The van der Waals surface area contributed by atoms with E-state index >= 15 is 0 Å². The van der Waals surface area contributed by atoms with E-state index in [9.17, 15) is 4.79 Å². The van der Waals surface area contributed by atoms with Crippen molar-refractivity contribution in [1.29, 1.82) is 0 Å². The van der Waals surface area contributed by atoms with Crippen LogP contribution < -0.4 is 5.32 Å². The third-order valence-electron chi connectivity index (χ3n) is 4.17. The molecule has 4 nitrogen and oxygen atoms in total. The molecule has 0 aliphatic carbocycles. The van der Waals surface area contributed by atoms with Gasteiger partial charge in [-0.15, -0.1) is 0 Å². The van der Waals surface area contributed by atoms with Gasteiger partial charge in [0.05, 0.1) is 12.6 Å². The Balaban J connectivity index is 1.62. The smallest absolute Gasteiger partial charge is 0.249 e. The minimum atomic E-state index is -0.0553. The third-order valence-corrected chi connectivity index (χ3v) is 4.51. The van der Waals surface area contributed by atoms with E-state index in [1.807, 2.05) is 59.5 Å². The summed E-state index contributed by atoms with van der Waals surface area (Å²) >= 11 is 6.31. The Morgan fingerprint density at radius 3 is 2.71 bits per heavy atom. The molecule has 1 heterocycles. The Morgan fingerprint density at radius 1 is 1.17 bits per heavy atom. The van der Waals surface area contributed by atoms with Gasteiger partial charge in [-0.25, -0.2) is 0 Å². The number of benzene rings is 2. The molecule has 2 aromatic carbocycles. The van der Waals surface area contributed by atoms with Crippen LogP contribution in [-0.4, -0.2) is 37.0 Å². The number of amides is 1. The lowest BCUT2D eigenvalue weighted by Gasteiger charge is -2.37. The van der Waals surface area contributed by atoms with Crippen LogP contribution in [0.5, 0.6) is 0 Å². The summed E-state index contributed by atoms with van der Waals surface area (Å²) in [4.78, 5) is 14.5. The van der Waals surface area contributed by atoms with Gasteiger partial charge in [-0.1, -0.05) is 60.1 Å². The van der Waals surface area contributed by atoms with Crippen LogP contribution in [0.25, 0.3) is 0 Å². The van der Waals surface area contributed by atoms with Crippen LogP contribution in [0.15, 0.2) is 54.6 Å². The highest BCUT2D eigenvalue weighted by molar-refractivity contribution is 6.31. The third kappa shape index (κ3) is 4.15. The molecule has 24 heavy (non-hydrogen) atoms. The van der Waals surface area contributed by atoms with E-state index in [0.717, 1.165) is 17.7 Å². The van der Waals surface area contributed by atoms with Crippen LogP contribution in [-0.2, 0) is 16.1 Å². The lowest BCUT2D eigenvalue weighted by molar-refractivity contribution is -0.140. The van der Waals surface area contributed by atoms with Gasteiger partial charge in [0.25, 0.3) is 0 Å². The Morgan fingerprint density at radius 2 is 1.92 bits per heavy atom. The van der Waals surface area contributed by atoms with E-state index in [0.29, 0.717) is 24.7 Å². The monoisotopic (exact) mass is 344 g/mol. The van der Waals surface area contributed by atoms with E-state index in [1.54, 1.807) is 0 Å². The SMILES string of the molecule is O=C(COCc1ccccc1)N1CCNCC1c1ccccc1Cl. The van der Waals surface area contributed by atoms with E-state index in [1.165, 1.54) is 0 Å². The maximum atomic E-state index is 12.6. The number of halogens is 1. The van der Waals surface area contributed by atoms with Gasteiger partial charge in [0.15, 0.2) is 0 Å². The van der Waals surface area contributed by atoms with Gasteiger partial charge in [-0.2, -0.15) is 0 Å². The molecule has 1 fully saturated rings. The number of hydrogen-bond donors (Lipinski definition) is 1. The first-order valence-corrected chi connectivity index (χ1v) is 8.50. The molecule has 0 bridgehead atoms. The average molecular weight is 345 g/mol. The quantitative estimate of drug-likeness (QED) is 0.906. The highest BCUT2D eigenvalue weighted by atomic mass is 35.5. The van der Waals surface area contributed by atoms with E-state index in [2.05, 4.69) is 5.32 Å². The summed E-state index contributed by atoms with van der Waals surface area (Å²) < 4.78 is 5.60. The second-order valence-corrected chi connectivity index (χ2v) is 6.21. The number of nitrogens with zero attached hydrogens (tertiary/aromatic N) is 1. The van der Waals surface area contributed by atoms with Gasteiger partial charge in [0.2, 0.25) is 5.91 Å². The zero-order chi connectivity index (χ0) is 16.8. The zero-order valence-corrected chi connectivity index (χ0v) is 14.2. The molecule has 1 aliphatic rings. The van der Waals surface area contributed by atoms with Crippen molar-refractivity contribution in [3.05, 3.63) is 70.7 Å². The second-order valence-electron chi connectivity index (χ2n) is 5.81. The van der Waals surface area contributed by atoms with E-state index in [4.69, 9.17) is 16.3 Å². The number of carbonyl (C=O) groups excluding carboxylic acids is 1. The molecule has 126 valence electrons. The minimum Gasteiger partial charge on any atom is -0.367 e. The molecule has 1 amide bonds. The molecule has 5 heteroatoms. The number of nitrogens with one attached hydrogen (secondary N) is 1. The Kier molecular flexibility index (Phi) is 5.86. The number of rotatable bonds is 5. The summed E-state index contributed by atoms with van der Waals surface area (Å²) in [6, 6.07) is 17.5. The molecule has 2 aromatic rings. The number of carbonyl (C=O) groups is 1. The fraction of sp³-hybridized carbons (Fsp3) is 0.316. The summed E-state index contributed by atoms with van der Waals surface area (Å²) in [5.41, 5.74) is 2.04. The Hall–Kier alpha value is -1.88. The van der Waals surface area contributed by atoms with Crippen molar-refractivity contribution in [3.8, 4) is 0 Å². The predicted octanol–water partition coefficient (Wildman–Crippen LogP) is 3.03. The van der Waals surface area contributed by atoms with Gasteiger partial charge < -0.3 is 15.0 Å². The molecular formula is C19H21ClN2O2. The van der Waals surface area contributed by atoms with Crippen molar-refractivity contribution in [2.75, 3.05) is 26.2 Å². The molecule has 1 saturated heterocycles. The summed E-state index contributed by atoms with van der Waals surface area (Å²) in [5.74, 6) is -0.00245. The van der Waals surface area contributed by atoms with Gasteiger partial charge in [-0.05, 0) is 17.2 Å². The predicted molar refractivity (Wildman–Crippen MR) is 94.9 cm³/mol. The summed E-state index contributed by atoms with van der Waals surface area (Å²) in [6.07, 6.45) is 0. The fourth-order valence-electron chi connectivity index (χ4n) is 2.94. The highest BCUT2D eigenvalue weighted by Gasteiger charge is 2.28. The highest BCUT2D eigenvalue weighted by Crippen LogP contribution is 2.28. The van der Waals surface area contributed by atoms with E-state index in [-0.39, 0.29) is 18.6 Å². The first kappa shape index (κ1) is 17.0. The molecule has 0 aromatic heterocycles. The zero-order valence-electron chi connectivity index (χ0n) is 13.5. The summed E-state index contributed by atoms with van der Waals surface area (Å²) in [7, 11) is 0. The first-order valence-electron chi connectivity index (χ1n) is 8.12. The van der Waals surface area contributed by atoms with Crippen molar-refractivity contribution < 1.29 is 9.53 Å². The Labute approximate surface area is 147 Å². The maximum Gasteiger partial charge on any atom is 0.249 e. The second kappa shape index (κ2) is 8.29. The fourth-order valence-corrected chi connectivity index (χ4v) is 3.20. The van der Waals surface area contributed by atoms with Gasteiger partial charge >= 0.3 is 0 Å². The standard InChI is InChI=1S/C19H21ClN2O2/c20-17-9-5-4-8-16(17)18-12-21-10-11-22(18)19(23)14-24-13-15-6-2-1-3-7-15/h1-9,18,21H,10-14H2. The largest absolute Gasteiger partial charge is 0.367 e. The van der Waals surface area contributed by atoms with Crippen LogP contribution >= 0.6 is 11.6 Å². The van der Waals surface area contributed by atoms with Crippen molar-refractivity contribution >= 4 is 17.5 Å². The van der Waals surface area contributed by atoms with Crippen molar-refractivity contribution in [1.82, 2.24) is 10.2 Å². The number of piperazine rings is 1. The number of ether oxygens (including phenoxy) is 1.